The van der Waals surface area contributed by atoms with Crippen molar-refractivity contribution in [3.63, 3.8) is 0 Å². The number of hydrogen-bond acceptors (Lipinski definition) is 4. The first-order valence-corrected chi connectivity index (χ1v) is 3.70. The van der Waals surface area contributed by atoms with Crippen molar-refractivity contribution >= 4 is 29.3 Å². The van der Waals surface area contributed by atoms with Crippen LogP contribution in [0.1, 0.15) is 15.9 Å². The summed E-state index contributed by atoms with van der Waals surface area (Å²) in [6.07, 6.45) is 1.26. The second-order valence-corrected chi connectivity index (χ2v) is 2.51. The van der Waals surface area contributed by atoms with E-state index in [1.54, 1.807) is 0 Å². The molecule has 0 amide bonds. The van der Waals surface area contributed by atoms with E-state index in [1.165, 1.54) is 19.4 Å². The van der Waals surface area contributed by atoms with Gasteiger partial charge in [-0.3, -0.25) is 4.79 Å². The highest BCUT2D eigenvalue weighted by Crippen LogP contribution is 2.15. The molecule has 0 atom stereocenters. The molecule has 0 aromatic carbocycles. The first kappa shape index (κ1) is 12.7. The SMILES string of the molecule is COc1ncc(C(=O)Cl)cc1C#N.Cl. The van der Waals surface area contributed by atoms with Gasteiger partial charge in [-0.2, -0.15) is 5.26 Å². The molecule has 0 saturated carbocycles. The summed E-state index contributed by atoms with van der Waals surface area (Å²) in [5, 5.41) is 7.98. The van der Waals surface area contributed by atoms with Crippen molar-refractivity contribution in [2.24, 2.45) is 0 Å². The largest absolute Gasteiger partial charge is 0.480 e. The lowest BCUT2D eigenvalue weighted by molar-refractivity contribution is 0.108. The lowest BCUT2D eigenvalue weighted by atomic mass is 10.2. The Bertz CT molecular complexity index is 387. The molecule has 74 valence electrons. The van der Waals surface area contributed by atoms with Gasteiger partial charge in [-0.1, -0.05) is 0 Å². The molecule has 0 aliphatic rings. The molecule has 1 aromatic rings. The average Bonchev–Trinajstić information content (AvgIpc) is 2.16. The topological polar surface area (TPSA) is 63.0 Å². The van der Waals surface area contributed by atoms with E-state index >= 15 is 0 Å². The monoisotopic (exact) mass is 232 g/mol. The predicted octanol–water partition coefficient (Wildman–Crippen LogP) is 1.76. The number of methoxy groups -OCH3 is 1. The Morgan fingerprint density at radius 1 is 1.71 bits per heavy atom. The third-order valence-corrected chi connectivity index (χ3v) is 1.61. The second kappa shape index (κ2) is 5.43. The summed E-state index contributed by atoms with van der Waals surface area (Å²) in [5.41, 5.74) is 0.369. The average molecular weight is 233 g/mol. The summed E-state index contributed by atoms with van der Waals surface area (Å²) < 4.78 is 4.78. The van der Waals surface area contributed by atoms with Gasteiger partial charge in [0.1, 0.15) is 11.6 Å². The lowest BCUT2D eigenvalue weighted by Gasteiger charge is -2.00. The smallest absolute Gasteiger partial charge is 0.253 e. The third kappa shape index (κ3) is 2.59. The quantitative estimate of drug-likeness (QED) is 0.730. The van der Waals surface area contributed by atoms with E-state index in [9.17, 15) is 4.79 Å². The summed E-state index contributed by atoms with van der Waals surface area (Å²) in [7, 11) is 1.39. The third-order valence-electron chi connectivity index (χ3n) is 1.39. The van der Waals surface area contributed by atoms with Crippen LogP contribution in [-0.2, 0) is 0 Å². The van der Waals surface area contributed by atoms with Crippen LogP contribution >= 0.6 is 24.0 Å². The molecule has 0 N–H and O–H groups in total. The Hall–Kier alpha value is -1.31. The molecule has 0 spiro atoms. The van der Waals surface area contributed by atoms with E-state index in [4.69, 9.17) is 21.6 Å². The number of halogens is 2. The molecule has 0 radical (unpaired) electrons. The highest BCUT2D eigenvalue weighted by molar-refractivity contribution is 6.67. The predicted molar refractivity (Wildman–Crippen MR) is 52.9 cm³/mol. The molecule has 0 unspecified atom stereocenters. The highest BCUT2D eigenvalue weighted by atomic mass is 35.5. The molecule has 0 saturated heterocycles. The van der Waals surface area contributed by atoms with Gasteiger partial charge in [-0.15, -0.1) is 12.4 Å². The number of aromatic nitrogens is 1. The van der Waals surface area contributed by atoms with E-state index in [0.717, 1.165) is 0 Å². The number of carbonyl (C=O) groups is 1. The molecular weight excluding hydrogens is 227 g/mol. The van der Waals surface area contributed by atoms with Crippen LogP contribution in [0.25, 0.3) is 0 Å². The van der Waals surface area contributed by atoms with Gasteiger partial charge in [0.05, 0.1) is 12.7 Å². The van der Waals surface area contributed by atoms with E-state index < -0.39 is 5.24 Å². The lowest BCUT2D eigenvalue weighted by Crippen LogP contribution is -1.96. The van der Waals surface area contributed by atoms with E-state index in [1.807, 2.05) is 6.07 Å². The maximum absolute atomic E-state index is 10.7. The van der Waals surface area contributed by atoms with Crippen molar-refractivity contribution < 1.29 is 9.53 Å². The number of nitriles is 1. The minimum absolute atomic E-state index is 0. The fraction of sp³-hybridized carbons (Fsp3) is 0.125. The molecule has 0 aliphatic carbocycles. The van der Waals surface area contributed by atoms with Crippen LogP contribution in [0.15, 0.2) is 12.3 Å². The maximum Gasteiger partial charge on any atom is 0.253 e. The van der Waals surface area contributed by atoms with Crippen LogP contribution in [0, 0.1) is 11.3 Å². The molecule has 6 heteroatoms. The Kier molecular flexibility index (Phi) is 4.92. The van der Waals surface area contributed by atoms with Crippen LogP contribution in [0.5, 0.6) is 5.88 Å². The Morgan fingerprint density at radius 3 is 2.79 bits per heavy atom. The molecule has 0 aliphatic heterocycles. The number of ether oxygens (including phenoxy) is 1. The van der Waals surface area contributed by atoms with Crippen molar-refractivity contribution in [2.45, 2.75) is 0 Å². The molecule has 1 heterocycles. The first-order valence-electron chi connectivity index (χ1n) is 3.33. The van der Waals surface area contributed by atoms with Gasteiger partial charge in [0, 0.05) is 6.20 Å². The van der Waals surface area contributed by atoms with Crippen LogP contribution in [-0.4, -0.2) is 17.3 Å². The van der Waals surface area contributed by atoms with Crippen molar-refractivity contribution in [1.29, 1.82) is 5.26 Å². The molecule has 4 nitrogen and oxygen atoms in total. The molecule has 0 bridgehead atoms. The normalized spacial score (nSPS) is 8.36. The van der Waals surface area contributed by atoms with Crippen molar-refractivity contribution in [1.82, 2.24) is 4.98 Å². The van der Waals surface area contributed by atoms with Gasteiger partial charge in [0.15, 0.2) is 0 Å². The van der Waals surface area contributed by atoms with Gasteiger partial charge in [-0.05, 0) is 17.7 Å². The minimum atomic E-state index is -0.647. The van der Waals surface area contributed by atoms with Crippen molar-refractivity contribution in [3.8, 4) is 11.9 Å². The summed E-state index contributed by atoms with van der Waals surface area (Å²) in [6.45, 7) is 0. The van der Waals surface area contributed by atoms with Crippen LogP contribution < -0.4 is 4.74 Å². The Morgan fingerprint density at radius 2 is 2.36 bits per heavy atom. The molecule has 1 rings (SSSR count). The standard InChI is InChI=1S/C8H5ClN2O2.ClH/c1-13-8-5(3-10)2-6(4-11-8)7(9)12;/h2,4H,1H3;1H. The number of nitrogens with zero attached hydrogens (tertiary/aromatic N) is 2. The maximum atomic E-state index is 10.7. The summed E-state index contributed by atoms with van der Waals surface area (Å²) in [4.78, 5) is 14.4. The fourth-order valence-electron chi connectivity index (χ4n) is 0.802. The fourth-order valence-corrected chi connectivity index (χ4v) is 0.906. The Labute approximate surface area is 91.9 Å². The van der Waals surface area contributed by atoms with Gasteiger partial charge in [0.2, 0.25) is 5.88 Å². The Balaban J connectivity index is 0.00000169. The summed E-state index contributed by atoms with van der Waals surface area (Å²) >= 11 is 5.20. The number of pyridine rings is 1. The first-order chi connectivity index (χ1) is 6.19. The van der Waals surface area contributed by atoms with Crippen molar-refractivity contribution in [3.05, 3.63) is 23.4 Å². The summed E-state index contributed by atoms with van der Waals surface area (Å²) in [6, 6.07) is 3.18. The van der Waals surface area contributed by atoms with Crippen LogP contribution in [0.2, 0.25) is 0 Å². The van der Waals surface area contributed by atoms with Gasteiger partial charge >= 0.3 is 0 Å². The summed E-state index contributed by atoms with van der Waals surface area (Å²) in [5.74, 6) is 0.184. The molecule has 1 aromatic heterocycles. The number of carbonyl (C=O) groups excluding carboxylic acids is 1. The molecule has 14 heavy (non-hydrogen) atoms. The van der Waals surface area contributed by atoms with E-state index in [2.05, 4.69) is 4.98 Å². The molecule has 0 fully saturated rings. The van der Waals surface area contributed by atoms with E-state index in [0.29, 0.717) is 0 Å². The second-order valence-electron chi connectivity index (χ2n) is 2.17. The van der Waals surface area contributed by atoms with Crippen LogP contribution in [0.3, 0.4) is 0 Å². The zero-order valence-corrected chi connectivity index (χ0v) is 8.72. The van der Waals surface area contributed by atoms with Crippen LogP contribution in [0.4, 0.5) is 0 Å². The minimum Gasteiger partial charge on any atom is -0.480 e. The van der Waals surface area contributed by atoms with Crippen molar-refractivity contribution in [2.75, 3.05) is 7.11 Å². The number of hydrogen-bond donors (Lipinski definition) is 0. The van der Waals surface area contributed by atoms with Gasteiger partial charge in [-0.25, -0.2) is 4.98 Å². The zero-order chi connectivity index (χ0) is 9.84. The van der Waals surface area contributed by atoms with E-state index in [-0.39, 0.29) is 29.4 Å². The zero-order valence-electron chi connectivity index (χ0n) is 7.15. The highest BCUT2D eigenvalue weighted by Gasteiger charge is 2.08. The molecular formula is C8H6Cl2N2O2. The van der Waals surface area contributed by atoms with Gasteiger partial charge in [0.25, 0.3) is 5.24 Å². The number of rotatable bonds is 2. The van der Waals surface area contributed by atoms with Gasteiger partial charge < -0.3 is 4.74 Å².